The zero-order valence-corrected chi connectivity index (χ0v) is 32.5. The van der Waals surface area contributed by atoms with Crippen molar-refractivity contribution in [3.8, 4) is 11.1 Å². The number of nitrogens with one attached hydrogen (secondary N) is 5. The van der Waals surface area contributed by atoms with Gasteiger partial charge >= 0.3 is 0 Å². The molecule has 0 radical (unpaired) electrons. The van der Waals surface area contributed by atoms with Crippen LogP contribution in [0, 0.1) is 35.5 Å². The number of hydrogen-bond donors (Lipinski definition) is 5. The van der Waals surface area contributed by atoms with Crippen LogP contribution in [0.2, 0.25) is 0 Å². The fraction of sp³-hybridized carbons (Fsp3) is 0.558. The Balaban J connectivity index is 0.964. The fourth-order valence-corrected chi connectivity index (χ4v) is 10.3. The molecule has 8 rings (SSSR count). The average molecular weight is 735 g/mol. The molecule has 4 bridgehead atoms. The van der Waals surface area contributed by atoms with Gasteiger partial charge in [0.2, 0.25) is 5.91 Å². The molecule has 3 aromatic rings. The van der Waals surface area contributed by atoms with Crippen molar-refractivity contribution in [3.63, 3.8) is 0 Å². The van der Waals surface area contributed by atoms with E-state index in [4.69, 9.17) is 10.4 Å². The summed E-state index contributed by atoms with van der Waals surface area (Å²) in [4.78, 5) is 52.0. The zero-order chi connectivity index (χ0) is 38.0. The summed E-state index contributed by atoms with van der Waals surface area (Å²) in [6.07, 6.45) is 12.1. The van der Waals surface area contributed by atoms with Gasteiger partial charge in [0.1, 0.15) is 5.82 Å². The highest BCUT2D eigenvalue weighted by Crippen LogP contribution is 2.66. The van der Waals surface area contributed by atoms with Gasteiger partial charge < -0.3 is 31.2 Å². The third-order valence-corrected chi connectivity index (χ3v) is 12.5. The Hall–Kier alpha value is -4.51. The van der Waals surface area contributed by atoms with E-state index in [1.54, 1.807) is 0 Å². The van der Waals surface area contributed by atoms with Gasteiger partial charge in [-0.15, -0.1) is 0 Å². The number of aryl methyl sites for hydroxylation is 2. The molecule has 2 unspecified atom stereocenters. The lowest BCUT2D eigenvalue weighted by molar-refractivity contribution is -0.124. The molecule has 2 atom stereocenters. The van der Waals surface area contributed by atoms with Crippen molar-refractivity contribution in [2.24, 2.45) is 23.2 Å². The number of carbonyl (C=O) groups excluding carboxylic acids is 2. The van der Waals surface area contributed by atoms with Crippen LogP contribution in [0.3, 0.4) is 0 Å². The molecule has 11 heteroatoms. The molecular weight excluding hydrogens is 677 g/mol. The number of piperazine rings is 1. The molecule has 4 aliphatic carbocycles. The van der Waals surface area contributed by atoms with Crippen LogP contribution in [0.4, 0.5) is 11.5 Å². The summed E-state index contributed by atoms with van der Waals surface area (Å²) in [5, 5.41) is 17.9. The Morgan fingerprint density at radius 1 is 1.04 bits per heavy atom. The molecule has 1 aromatic carbocycles. The molecule has 1 aliphatic heterocycles. The first-order chi connectivity index (χ1) is 26.0. The molecule has 5 fully saturated rings. The first-order valence-electron chi connectivity index (χ1n) is 20.2. The minimum atomic E-state index is -0.348. The third kappa shape index (κ3) is 8.11. The van der Waals surface area contributed by atoms with Gasteiger partial charge in [0.15, 0.2) is 0 Å². The Kier molecular flexibility index (Phi) is 11.2. The number of amides is 2. The standard InChI is InChI=1S/C43H58N8O3/c1-5-6-31-15-28(4)49-42(54)37(31)26-47-41(53)35-19-33(20-38(36(35)24-44)48-27(2)3)32-7-8-39(46-25-32)51-13-11-50(12-14-51)10-9-45-40(52)23-43-21-29-16-30(22-43)18-34(43)17-29/h7-8,15,19-20,24-25,27,29-30,34,44,48H,5-6,9-14,16-18,21-23,26H2,1-4H3,(H,45,52)(H,47,53)(H,49,54). The number of aromatic amines is 1. The van der Waals surface area contributed by atoms with E-state index in [0.717, 1.165) is 97.9 Å². The van der Waals surface area contributed by atoms with Gasteiger partial charge in [0, 0.05) is 98.8 Å². The van der Waals surface area contributed by atoms with Crippen LogP contribution in [0.25, 0.3) is 11.1 Å². The molecule has 288 valence electrons. The second kappa shape index (κ2) is 16.1. The number of H-pyrrole nitrogens is 1. The second-order valence-electron chi connectivity index (χ2n) is 16.8. The maximum Gasteiger partial charge on any atom is 0.253 e. The summed E-state index contributed by atoms with van der Waals surface area (Å²) in [6, 6.07) is 9.90. The van der Waals surface area contributed by atoms with Crippen LogP contribution in [0.15, 0.2) is 41.3 Å². The van der Waals surface area contributed by atoms with Crippen molar-refractivity contribution in [1.29, 1.82) is 5.41 Å². The van der Waals surface area contributed by atoms with Crippen molar-refractivity contribution in [1.82, 2.24) is 25.5 Å². The molecule has 0 spiro atoms. The van der Waals surface area contributed by atoms with E-state index in [9.17, 15) is 14.4 Å². The summed E-state index contributed by atoms with van der Waals surface area (Å²) in [7, 11) is 0. The summed E-state index contributed by atoms with van der Waals surface area (Å²) in [5.41, 5.74) is 5.63. The maximum absolute atomic E-state index is 13.8. The quantitative estimate of drug-likeness (QED) is 0.122. The number of carbonyl (C=O) groups is 2. The van der Waals surface area contributed by atoms with Gasteiger partial charge in [-0.3, -0.25) is 19.3 Å². The number of pyridine rings is 2. The number of benzene rings is 1. The normalized spacial score (nSPS) is 23.2. The van der Waals surface area contributed by atoms with Gasteiger partial charge in [-0.1, -0.05) is 13.3 Å². The van der Waals surface area contributed by atoms with Gasteiger partial charge in [-0.05, 0) is 124 Å². The third-order valence-electron chi connectivity index (χ3n) is 12.5. The molecule has 3 heterocycles. The summed E-state index contributed by atoms with van der Waals surface area (Å²) >= 11 is 0. The molecule has 11 nitrogen and oxygen atoms in total. The van der Waals surface area contributed by atoms with E-state index in [2.05, 4.69) is 37.7 Å². The van der Waals surface area contributed by atoms with Gasteiger partial charge in [0.05, 0.1) is 5.56 Å². The summed E-state index contributed by atoms with van der Waals surface area (Å²) in [6.45, 7) is 13.2. The van der Waals surface area contributed by atoms with Crippen LogP contribution in [-0.2, 0) is 17.8 Å². The largest absolute Gasteiger partial charge is 0.382 e. The van der Waals surface area contributed by atoms with E-state index in [1.165, 1.54) is 38.3 Å². The summed E-state index contributed by atoms with van der Waals surface area (Å²) in [5.74, 6) is 3.37. The molecule has 5 N–H and O–H groups in total. The second-order valence-corrected chi connectivity index (χ2v) is 16.8. The molecule has 5 aliphatic rings. The van der Waals surface area contributed by atoms with Crippen LogP contribution in [0.1, 0.15) is 98.5 Å². The average Bonchev–Trinajstić information content (AvgIpc) is 3.52. The Morgan fingerprint density at radius 2 is 1.80 bits per heavy atom. The lowest BCUT2D eigenvalue weighted by Gasteiger charge is -2.35. The molecule has 1 saturated heterocycles. The van der Waals surface area contributed by atoms with Crippen LogP contribution in [0.5, 0.6) is 0 Å². The number of nitrogens with zero attached hydrogens (tertiary/aromatic N) is 3. The zero-order valence-electron chi connectivity index (χ0n) is 32.5. The SMILES string of the molecule is CCCc1cc(C)[nH]c(=O)c1CNC(=O)c1cc(-c2ccc(N3CCN(CCNC(=O)CC45CC6CC(CC4C6)C5)CC3)nc2)cc(NC(C)C)c1C=N. The van der Waals surface area contributed by atoms with E-state index in [-0.39, 0.29) is 30.0 Å². The van der Waals surface area contributed by atoms with Crippen LogP contribution >= 0.6 is 0 Å². The van der Waals surface area contributed by atoms with E-state index in [0.29, 0.717) is 34.3 Å². The van der Waals surface area contributed by atoms with Crippen molar-refractivity contribution >= 4 is 29.5 Å². The maximum atomic E-state index is 13.8. The highest BCUT2D eigenvalue weighted by molar-refractivity contribution is 6.06. The molecule has 2 amide bonds. The lowest BCUT2D eigenvalue weighted by Crippen LogP contribution is -2.48. The first kappa shape index (κ1) is 37.8. The summed E-state index contributed by atoms with van der Waals surface area (Å²) < 4.78 is 0. The first-order valence-corrected chi connectivity index (χ1v) is 20.2. The number of rotatable bonds is 15. The van der Waals surface area contributed by atoms with Crippen molar-refractivity contribution in [3.05, 3.63) is 74.8 Å². The van der Waals surface area contributed by atoms with Crippen LogP contribution in [-0.4, -0.2) is 78.2 Å². The van der Waals surface area contributed by atoms with E-state index >= 15 is 0 Å². The molecule has 4 saturated carbocycles. The number of aromatic nitrogens is 2. The van der Waals surface area contributed by atoms with Gasteiger partial charge in [-0.25, -0.2) is 4.98 Å². The predicted molar refractivity (Wildman–Crippen MR) is 216 cm³/mol. The monoisotopic (exact) mass is 734 g/mol. The van der Waals surface area contributed by atoms with Crippen molar-refractivity contribution in [2.45, 2.75) is 91.6 Å². The molecule has 54 heavy (non-hydrogen) atoms. The fourth-order valence-electron chi connectivity index (χ4n) is 10.3. The van der Waals surface area contributed by atoms with E-state index < -0.39 is 0 Å². The number of hydrogen-bond acceptors (Lipinski definition) is 8. The van der Waals surface area contributed by atoms with Crippen LogP contribution < -0.4 is 26.4 Å². The Bertz CT molecular complexity index is 1900. The number of anilines is 2. The predicted octanol–water partition coefficient (Wildman–Crippen LogP) is 5.90. The lowest BCUT2D eigenvalue weighted by atomic mass is 9.73. The minimum Gasteiger partial charge on any atom is -0.382 e. The topological polar surface area (TPSA) is 146 Å². The van der Waals surface area contributed by atoms with E-state index in [1.807, 2.05) is 57.3 Å². The molecular formula is C43H58N8O3. The molecule has 2 aromatic heterocycles. The van der Waals surface area contributed by atoms with Crippen molar-refractivity contribution in [2.75, 3.05) is 49.5 Å². The smallest absolute Gasteiger partial charge is 0.253 e. The highest BCUT2D eigenvalue weighted by Gasteiger charge is 2.57. The Morgan fingerprint density at radius 3 is 2.46 bits per heavy atom. The Labute approximate surface area is 319 Å². The minimum absolute atomic E-state index is 0.0785. The highest BCUT2D eigenvalue weighted by atomic mass is 16.2. The van der Waals surface area contributed by atoms with Gasteiger partial charge in [-0.2, -0.15) is 0 Å². The van der Waals surface area contributed by atoms with Gasteiger partial charge in [0.25, 0.3) is 11.5 Å². The van der Waals surface area contributed by atoms with Crippen molar-refractivity contribution < 1.29 is 9.59 Å².